The summed E-state index contributed by atoms with van der Waals surface area (Å²) in [4.78, 5) is 41.4. The van der Waals surface area contributed by atoms with E-state index in [2.05, 4.69) is 15.0 Å². The number of fused-ring (bicyclic) bond motifs is 1. The summed E-state index contributed by atoms with van der Waals surface area (Å²) in [6, 6.07) is 0. The number of aliphatic hydroxyl groups excluding tert-OH is 1. The maximum absolute atomic E-state index is 11.2. The highest BCUT2D eigenvalue weighted by molar-refractivity contribution is 7.53. The Morgan fingerprint density at radius 2 is 2.22 bits per heavy atom. The number of carboxylic acids is 1. The zero-order chi connectivity index (χ0) is 19.9. The van der Waals surface area contributed by atoms with Gasteiger partial charge in [0.2, 0.25) is 0 Å². The van der Waals surface area contributed by atoms with Gasteiger partial charge in [0.15, 0.2) is 11.5 Å². The van der Waals surface area contributed by atoms with Gasteiger partial charge in [0.1, 0.15) is 23.7 Å². The van der Waals surface area contributed by atoms with Crippen molar-refractivity contribution in [3.8, 4) is 0 Å². The van der Waals surface area contributed by atoms with Crippen LogP contribution >= 0.6 is 7.60 Å². The fourth-order valence-electron chi connectivity index (χ4n) is 2.80. The van der Waals surface area contributed by atoms with Crippen LogP contribution in [-0.4, -0.2) is 70.1 Å². The summed E-state index contributed by atoms with van der Waals surface area (Å²) in [7, 11) is -5.02. The van der Waals surface area contributed by atoms with Crippen molar-refractivity contribution in [1.82, 2.24) is 19.5 Å². The van der Waals surface area contributed by atoms with Crippen LogP contribution in [0.25, 0.3) is 11.2 Å². The molecule has 1 aliphatic heterocycles. The van der Waals surface area contributed by atoms with E-state index in [1.807, 2.05) is 0 Å². The number of nitrogens with zero attached hydrogens (tertiary/aromatic N) is 4. The van der Waals surface area contributed by atoms with Gasteiger partial charge in [-0.2, -0.15) is 0 Å². The molecule has 3 heterocycles. The molecule has 0 aromatic carbocycles. The maximum atomic E-state index is 11.2. The molecule has 13 nitrogen and oxygen atoms in total. The molecule has 1 fully saturated rings. The van der Waals surface area contributed by atoms with Crippen molar-refractivity contribution < 1.29 is 38.8 Å². The Labute approximate surface area is 151 Å². The van der Waals surface area contributed by atoms with Gasteiger partial charge in [0.25, 0.3) is 5.85 Å². The van der Waals surface area contributed by atoms with Gasteiger partial charge >= 0.3 is 13.6 Å². The predicted octanol–water partition coefficient (Wildman–Crippen LogP) is -1.03. The molecular formula is C13H18N5O8P. The lowest BCUT2D eigenvalue weighted by Gasteiger charge is -2.19. The van der Waals surface area contributed by atoms with Gasteiger partial charge in [-0.15, -0.1) is 0 Å². The molecule has 4 atom stereocenters. The van der Waals surface area contributed by atoms with Crippen LogP contribution in [0.15, 0.2) is 6.33 Å². The Balaban J connectivity index is 1.75. The smallest absolute Gasteiger partial charge is 0.365 e. The fraction of sp³-hybridized carbons (Fsp3) is 0.538. The lowest BCUT2D eigenvalue weighted by atomic mass is 10.2. The Morgan fingerprint density at radius 1 is 1.52 bits per heavy atom. The van der Waals surface area contributed by atoms with E-state index in [1.165, 1.54) is 6.33 Å². The number of nitrogen functional groups attached to an aromatic ring is 1. The minimum absolute atomic E-state index is 0.107. The summed E-state index contributed by atoms with van der Waals surface area (Å²) in [5, 5.41) is 19.0. The molecule has 2 aromatic rings. The summed E-state index contributed by atoms with van der Waals surface area (Å²) in [6.45, 7) is 1.13. The highest BCUT2D eigenvalue weighted by Crippen LogP contribution is 2.42. The Morgan fingerprint density at radius 3 is 2.85 bits per heavy atom. The summed E-state index contributed by atoms with van der Waals surface area (Å²) < 4.78 is 23.2. The number of aliphatic carboxylic acids is 1. The van der Waals surface area contributed by atoms with E-state index in [4.69, 9.17) is 30.1 Å². The molecule has 0 aliphatic carbocycles. The summed E-state index contributed by atoms with van der Waals surface area (Å²) >= 11 is 0. The molecule has 0 bridgehead atoms. The average molecular weight is 403 g/mol. The molecule has 0 spiro atoms. The highest BCUT2D eigenvalue weighted by atomic mass is 31.2. The van der Waals surface area contributed by atoms with Crippen molar-refractivity contribution >= 4 is 30.5 Å². The number of aliphatic hydroxyl groups is 1. The van der Waals surface area contributed by atoms with Crippen LogP contribution in [0.3, 0.4) is 0 Å². The molecule has 0 amide bonds. The van der Waals surface area contributed by atoms with Crippen molar-refractivity contribution in [1.29, 1.82) is 0 Å². The molecule has 1 saturated heterocycles. The van der Waals surface area contributed by atoms with E-state index < -0.39 is 44.5 Å². The van der Waals surface area contributed by atoms with Crippen molar-refractivity contribution in [3.63, 3.8) is 0 Å². The van der Waals surface area contributed by atoms with Crippen LogP contribution in [0.4, 0.5) is 5.82 Å². The van der Waals surface area contributed by atoms with Crippen LogP contribution in [0.1, 0.15) is 18.5 Å². The molecule has 1 unspecified atom stereocenters. The van der Waals surface area contributed by atoms with Gasteiger partial charge in [0.05, 0.1) is 19.0 Å². The zero-order valence-corrected chi connectivity index (χ0v) is 14.9. The third kappa shape index (κ3) is 3.93. The third-order valence-corrected chi connectivity index (χ3v) is 4.99. The van der Waals surface area contributed by atoms with E-state index in [0.29, 0.717) is 17.0 Å². The standard InChI is InChI=1S/C13H18N5O8P/c1-5-16-10(14)9-11(17-5)18(4-15-9)8-2-6(19)7(26-8)3-25-13(12(20)21)27(22,23)24/h4,6-8,13,19H,2-3H2,1H3,(H,20,21)(H2,14,16,17)(H2,22,23,24)/t6-,7+,8+,13?/m0/s1. The van der Waals surface area contributed by atoms with Crippen LogP contribution in [0.5, 0.6) is 0 Å². The number of imidazole rings is 1. The number of rotatable bonds is 6. The van der Waals surface area contributed by atoms with Gasteiger partial charge in [-0.25, -0.2) is 19.7 Å². The summed E-state index contributed by atoms with van der Waals surface area (Å²) in [5.41, 5.74) is 6.57. The third-order valence-electron chi connectivity index (χ3n) is 4.01. The maximum Gasteiger partial charge on any atom is 0.365 e. The largest absolute Gasteiger partial charge is 0.479 e. The molecule has 6 N–H and O–H groups in total. The van der Waals surface area contributed by atoms with Crippen LogP contribution in [-0.2, 0) is 18.8 Å². The molecule has 2 aromatic heterocycles. The molecule has 148 valence electrons. The van der Waals surface area contributed by atoms with E-state index >= 15 is 0 Å². The quantitative estimate of drug-likeness (QED) is 0.367. The number of carboxylic acid groups (broad SMARTS) is 1. The monoisotopic (exact) mass is 403 g/mol. The lowest BCUT2D eigenvalue weighted by Crippen LogP contribution is -2.32. The molecule has 27 heavy (non-hydrogen) atoms. The topological polar surface area (TPSA) is 203 Å². The Kier molecular flexibility index (Phi) is 5.16. The molecule has 14 heteroatoms. The number of aryl methyl sites for hydroxylation is 1. The number of nitrogens with two attached hydrogens (primary N) is 1. The normalized spacial score (nSPS) is 24.4. The lowest BCUT2D eigenvalue weighted by molar-refractivity contribution is -0.149. The van der Waals surface area contributed by atoms with E-state index in [0.717, 1.165) is 0 Å². The number of aromatic nitrogens is 4. The average Bonchev–Trinajstić information content (AvgIpc) is 3.09. The minimum Gasteiger partial charge on any atom is -0.479 e. The van der Waals surface area contributed by atoms with E-state index in [-0.39, 0.29) is 12.2 Å². The second-order valence-electron chi connectivity index (χ2n) is 6.03. The zero-order valence-electron chi connectivity index (χ0n) is 14.0. The second kappa shape index (κ2) is 7.11. The summed E-state index contributed by atoms with van der Waals surface area (Å²) in [5.74, 6) is -3.53. The number of hydrogen-bond donors (Lipinski definition) is 5. The number of ether oxygens (including phenoxy) is 2. The van der Waals surface area contributed by atoms with E-state index in [9.17, 15) is 14.5 Å². The number of carbonyl (C=O) groups is 1. The number of anilines is 1. The molecular weight excluding hydrogens is 385 g/mol. The first-order valence-electron chi connectivity index (χ1n) is 7.77. The van der Waals surface area contributed by atoms with Crippen molar-refractivity contribution in [2.75, 3.05) is 12.3 Å². The van der Waals surface area contributed by atoms with Gasteiger partial charge in [0, 0.05) is 6.42 Å². The Hall–Kier alpha value is -2.15. The van der Waals surface area contributed by atoms with E-state index in [1.54, 1.807) is 11.5 Å². The SMILES string of the molecule is Cc1nc(N)c2ncn([C@H]3C[C@H](O)[C@@H](COC(C(=O)O)P(=O)(O)O)O3)c2n1. The van der Waals surface area contributed by atoms with Gasteiger partial charge in [-0.05, 0) is 6.92 Å². The Bertz CT molecular complexity index is 913. The van der Waals surface area contributed by atoms with Crippen molar-refractivity contribution in [3.05, 3.63) is 12.2 Å². The molecule has 1 aliphatic rings. The van der Waals surface area contributed by atoms with Gasteiger partial charge in [-0.1, -0.05) is 0 Å². The predicted molar refractivity (Wildman–Crippen MR) is 88.4 cm³/mol. The fourth-order valence-corrected chi connectivity index (χ4v) is 3.36. The number of hydrogen-bond acceptors (Lipinski definition) is 9. The van der Waals surface area contributed by atoms with Crippen molar-refractivity contribution in [2.24, 2.45) is 0 Å². The van der Waals surface area contributed by atoms with Crippen LogP contribution < -0.4 is 5.73 Å². The molecule has 0 radical (unpaired) electrons. The first kappa shape index (κ1) is 19.6. The first-order chi connectivity index (χ1) is 12.6. The van der Waals surface area contributed by atoms with Gasteiger partial charge in [-0.3, -0.25) is 9.13 Å². The molecule has 0 saturated carbocycles. The van der Waals surface area contributed by atoms with Crippen LogP contribution in [0.2, 0.25) is 0 Å². The second-order valence-corrected chi connectivity index (χ2v) is 7.67. The molecule has 3 rings (SSSR count). The van der Waals surface area contributed by atoms with Gasteiger partial charge < -0.3 is 35.2 Å². The van der Waals surface area contributed by atoms with Crippen molar-refractivity contribution in [2.45, 2.75) is 37.6 Å². The first-order valence-corrected chi connectivity index (χ1v) is 9.46. The highest BCUT2D eigenvalue weighted by Gasteiger charge is 2.41. The van der Waals surface area contributed by atoms with Crippen LogP contribution in [0, 0.1) is 6.92 Å². The minimum atomic E-state index is -5.02. The summed E-state index contributed by atoms with van der Waals surface area (Å²) in [6.07, 6.45) is -1.23.